The van der Waals surface area contributed by atoms with E-state index in [0.29, 0.717) is 0 Å². The fraction of sp³-hybridized carbons (Fsp3) is 0.300. The zero-order valence-electron chi connectivity index (χ0n) is 8.56. The van der Waals surface area contributed by atoms with Crippen molar-refractivity contribution in [2.24, 2.45) is 0 Å². The lowest BCUT2D eigenvalue weighted by Gasteiger charge is -1.91. The summed E-state index contributed by atoms with van der Waals surface area (Å²) in [5.74, 6) is 0. The SMILES string of the molecule is CC[n+]1c(C)sc2cc([N+](=O)[O-])ccc21. The quantitative estimate of drug-likeness (QED) is 0.446. The van der Waals surface area contributed by atoms with Crippen molar-refractivity contribution in [1.29, 1.82) is 0 Å². The van der Waals surface area contributed by atoms with E-state index < -0.39 is 0 Å². The summed E-state index contributed by atoms with van der Waals surface area (Å²) in [6.07, 6.45) is 0. The van der Waals surface area contributed by atoms with E-state index in [4.69, 9.17) is 0 Å². The van der Waals surface area contributed by atoms with Crippen molar-refractivity contribution in [3.8, 4) is 0 Å². The Bertz CT molecular complexity index is 533. The number of fused-ring (bicyclic) bond motifs is 1. The third-order valence-electron chi connectivity index (χ3n) is 2.40. The summed E-state index contributed by atoms with van der Waals surface area (Å²) in [5, 5.41) is 11.8. The smallest absolute Gasteiger partial charge is 0.258 e. The molecule has 0 spiro atoms. The molecular weight excluding hydrogens is 212 g/mol. The average molecular weight is 223 g/mol. The first-order valence-corrected chi connectivity index (χ1v) is 5.52. The number of nitro groups is 1. The number of nitro benzene ring substituents is 1. The zero-order valence-corrected chi connectivity index (χ0v) is 9.37. The van der Waals surface area contributed by atoms with Crippen LogP contribution in [-0.4, -0.2) is 4.92 Å². The number of nitrogens with zero attached hydrogens (tertiary/aromatic N) is 2. The van der Waals surface area contributed by atoms with E-state index in [2.05, 4.69) is 11.5 Å². The molecule has 5 heteroatoms. The minimum Gasteiger partial charge on any atom is -0.258 e. The van der Waals surface area contributed by atoms with Crippen molar-refractivity contribution in [1.82, 2.24) is 0 Å². The first-order chi connectivity index (χ1) is 7.13. The van der Waals surface area contributed by atoms with E-state index in [1.807, 2.05) is 13.0 Å². The first-order valence-electron chi connectivity index (χ1n) is 4.71. The van der Waals surface area contributed by atoms with Gasteiger partial charge >= 0.3 is 0 Å². The summed E-state index contributed by atoms with van der Waals surface area (Å²) in [7, 11) is 0. The molecule has 1 aromatic heterocycles. The van der Waals surface area contributed by atoms with Gasteiger partial charge in [0.25, 0.3) is 5.69 Å². The number of benzene rings is 1. The minimum atomic E-state index is -0.356. The predicted molar refractivity (Wildman–Crippen MR) is 59.1 cm³/mol. The third kappa shape index (κ3) is 1.59. The summed E-state index contributed by atoms with van der Waals surface area (Å²) in [4.78, 5) is 10.3. The highest BCUT2D eigenvalue weighted by atomic mass is 32.1. The molecule has 0 N–H and O–H groups in total. The number of aryl methyl sites for hydroxylation is 2. The third-order valence-corrected chi connectivity index (χ3v) is 3.46. The molecule has 2 rings (SSSR count). The zero-order chi connectivity index (χ0) is 11.0. The van der Waals surface area contributed by atoms with Gasteiger partial charge in [0.1, 0.15) is 11.2 Å². The molecule has 0 aliphatic carbocycles. The van der Waals surface area contributed by atoms with Crippen LogP contribution in [0.1, 0.15) is 11.9 Å². The van der Waals surface area contributed by atoms with Gasteiger partial charge in [-0.25, -0.2) is 0 Å². The van der Waals surface area contributed by atoms with E-state index >= 15 is 0 Å². The van der Waals surface area contributed by atoms with Crippen LogP contribution in [0.5, 0.6) is 0 Å². The van der Waals surface area contributed by atoms with Crippen LogP contribution < -0.4 is 4.57 Å². The molecule has 0 amide bonds. The Hall–Kier alpha value is -1.49. The fourth-order valence-electron chi connectivity index (χ4n) is 1.70. The Balaban J connectivity index is 2.69. The highest BCUT2D eigenvalue weighted by Crippen LogP contribution is 2.24. The van der Waals surface area contributed by atoms with Crippen LogP contribution in [0, 0.1) is 17.0 Å². The Morgan fingerprint density at radius 3 is 2.87 bits per heavy atom. The molecule has 0 radical (unpaired) electrons. The molecule has 1 heterocycles. The molecule has 0 bridgehead atoms. The van der Waals surface area contributed by atoms with Crippen LogP contribution in [0.15, 0.2) is 18.2 Å². The number of aromatic nitrogens is 1. The Morgan fingerprint density at radius 2 is 2.27 bits per heavy atom. The monoisotopic (exact) mass is 223 g/mol. The summed E-state index contributed by atoms with van der Waals surface area (Å²) in [6.45, 7) is 4.99. The second-order valence-corrected chi connectivity index (χ2v) is 4.51. The number of thiazole rings is 1. The van der Waals surface area contributed by atoms with E-state index in [1.165, 1.54) is 5.01 Å². The Morgan fingerprint density at radius 1 is 1.53 bits per heavy atom. The van der Waals surface area contributed by atoms with Gasteiger partial charge in [-0.15, -0.1) is 0 Å². The number of rotatable bonds is 2. The molecule has 0 saturated heterocycles. The van der Waals surface area contributed by atoms with Gasteiger partial charge in [0.05, 0.1) is 4.92 Å². The van der Waals surface area contributed by atoms with Gasteiger partial charge in [0.2, 0.25) is 10.5 Å². The summed E-state index contributed by atoms with van der Waals surface area (Å²) < 4.78 is 3.13. The lowest BCUT2D eigenvalue weighted by molar-refractivity contribution is -0.669. The van der Waals surface area contributed by atoms with Crippen molar-refractivity contribution in [2.45, 2.75) is 20.4 Å². The number of hydrogen-bond donors (Lipinski definition) is 0. The normalized spacial score (nSPS) is 10.8. The summed E-state index contributed by atoms with van der Waals surface area (Å²) in [6, 6.07) is 5.01. The van der Waals surface area contributed by atoms with E-state index in [9.17, 15) is 10.1 Å². The van der Waals surface area contributed by atoms with Crippen molar-refractivity contribution in [3.05, 3.63) is 33.3 Å². The maximum Gasteiger partial charge on any atom is 0.271 e. The van der Waals surface area contributed by atoms with Gasteiger partial charge in [-0.2, -0.15) is 4.57 Å². The van der Waals surface area contributed by atoms with Crippen LogP contribution in [0.3, 0.4) is 0 Å². The second-order valence-electron chi connectivity index (χ2n) is 3.27. The molecule has 0 aliphatic heterocycles. The van der Waals surface area contributed by atoms with E-state index in [-0.39, 0.29) is 10.6 Å². The van der Waals surface area contributed by atoms with Crippen LogP contribution in [-0.2, 0) is 6.54 Å². The van der Waals surface area contributed by atoms with Gasteiger partial charge in [-0.1, -0.05) is 11.3 Å². The topological polar surface area (TPSA) is 47.0 Å². The maximum absolute atomic E-state index is 10.6. The van der Waals surface area contributed by atoms with E-state index in [1.54, 1.807) is 23.5 Å². The van der Waals surface area contributed by atoms with Crippen molar-refractivity contribution >= 4 is 27.2 Å². The van der Waals surface area contributed by atoms with Crippen LogP contribution in [0.25, 0.3) is 10.2 Å². The van der Waals surface area contributed by atoms with Crippen molar-refractivity contribution in [3.63, 3.8) is 0 Å². The van der Waals surface area contributed by atoms with Gasteiger partial charge < -0.3 is 0 Å². The number of non-ortho nitro benzene ring substituents is 1. The van der Waals surface area contributed by atoms with Crippen molar-refractivity contribution in [2.75, 3.05) is 0 Å². The predicted octanol–water partition coefficient (Wildman–Crippen LogP) is 2.43. The van der Waals surface area contributed by atoms with Crippen LogP contribution >= 0.6 is 11.3 Å². The molecule has 15 heavy (non-hydrogen) atoms. The molecule has 0 aliphatic rings. The Kier molecular flexibility index (Phi) is 2.40. The standard InChI is InChI=1S/C10H11N2O2S/c1-3-11-7(2)15-10-6-8(12(13)14)4-5-9(10)11/h4-6H,3H2,1-2H3/q+1. The molecule has 4 nitrogen and oxygen atoms in total. The highest BCUT2D eigenvalue weighted by Gasteiger charge is 2.17. The first kappa shape index (κ1) is 10.0. The Labute approximate surface area is 90.9 Å². The lowest BCUT2D eigenvalue weighted by Crippen LogP contribution is -2.33. The molecule has 0 fully saturated rings. The van der Waals surface area contributed by atoms with Gasteiger partial charge in [0, 0.05) is 25.1 Å². The lowest BCUT2D eigenvalue weighted by atomic mass is 10.3. The maximum atomic E-state index is 10.6. The van der Waals surface area contributed by atoms with E-state index in [0.717, 1.165) is 16.8 Å². The van der Waals surface area contributed by atoms with Gasteiger partial charge in [0.15, 0.2) is 0 Å². The van der Waals surface area contributed by atoms with Crippen LogP contribution in [0.4, 0.5) is 5.69 Å². The van der Waals surface area contributed by atoms with Gasteiger partial charge in [-0.05, 0) is 6.92 Å². The fourth-order valence-corrected chi connectivity index (χ4v) is 2.82. The highest BCUT2D eigenvalue weighted by molar-refractivity contribution is 7.18. The number of hydrogen-bond acceptors (Lipinski definition) is 3. The van der Waals surface area contributed by atoms with Crippen LogP contribution in [0.2, 0.25) is 0 Å². The molecule has 0 unspecified atom stereocenters. The summed E-state index contributed by atoms with van der Waals surface area (Å²) in [5.41, 5.74) is 1.23. The molecule has 0 saturated carbocycles. The summed E-state index contributed by atoms with van der Waals surface area (Å²) >= 11 is 1.59. The molecule has 2 aromatic rings. The second kappa shape index (κ2) is 3.58. The largest absolute Gasteiger partial charge is 0.271 e. The minimum absolute atomic E-state index is 0.159. The average Bonchev–Trinajstić information content (AvgIpc) is 2.51. The van der Waals surface area contributed by atoms with Crippen molar-refractivity contribution < 1.29 is 9.49 Å². The molecular formula is C10H11N2O2S+. The molecule has 1 aromatic carbocycles. The van der Waals surface area contributed by atoms with Gasteiger partial charge in [-0.3, -0.25) is 10.1 Å². The molecule has 0 atom stereocenters. The molecule has 78 valence electrons.